The van der Waals surface area contributed by atoms with Crippen molar-refractivity contribution in [3.8, 4) is 0 Å². The second-order valence-electron chi connectivity index (χ2n) is 16.9. The van der Waals surface area contributed by atoms with Gasteiger partial charge in [-0.15, -0.1) is 0 Å². The summed E-state index contributed by atoms with van der Waals surface area (Å²) in [5, 5.41) is 17.1. The van der Waals surface area contributed by atoms with Crippen LogP contribution in [0.25, 0.3) is 0 Å². The summed E-state index contributed by atoms with van der Waals surface area (Å²) in [6, 6.07) is 8.19. The minimum absolute atomic E-state index is 0.0343. The maximum absolute atomic E-state index is 14.3. The fourth-order valence-corrected chi connectivity index (χ4v) is 8.25. The quantitative estimate of drug-likeness (QED) is 0.155. The first-order chi connectivity index (χ1) is 25.3. The van der Waals surface area contributed by atoms with Crippen LogP contribution >= 0.6 is 0 Å². The summed E-state index contributed by atoms with van der Waals surface area (Å²) < 4.78 is 5.97. The standard InChI is InChI=1S/C43H75N5O6/c1-15-29(8)39(47(13)43(53)37(26(2)3)45-42(52)38(27(4)5)46(12)28(6)7)34(25-49)24-36(50)48-23-19-22-35(48)40(54-14)31(10)41(51)44-32(11)30(9)33-20-17-16-18-21-33/h16-18,20-21,26-32,34-35,37-40,49H,15,19,22-25H2,1-14H3,(H,44,51)(H,45,52)/t29-,30+,31+,32+,34-,35-,37-,38-,39-,40+/m0/s1. The first-order valence-electron chi connectivity index (χ1n) is 20.4. The topological polar surface area (TPSA) is 132 Å². The third-order valence-corrected chi connectivity index (χ3v) is 12.2. The van der Waals surface area contributed by atoms with E-state index in [-0.39, 0.29) is 78.5 Å². The van der Waals surface area contributed by atoms with Crippen molar-refractivity contribution < 1.29 is 29.0 Å². The Balaban J connectivity index is 2.27. The molecule has 1 fully saturated rings. The highest BCUT2D eigenvalue weighted by Gasteiger charge is 2.43. The van der Waals surface area contributed by atoms with Crippen LogP contribution in [0.2, 0.25) is 0 Å². The molecule has 1 saturated heterocycles. The summed E-state index contributed by atoms with van der Waals surface area (Å²) >= 11 is 0. The summed E-state index contributed by atoms with van der Waals surface area (Å²) in [7, 11) is 5.25. The maximum Gasteiger partial charge on any atom is 0.245 e. The lowest BCUT2D eigenvalue weighted by molar-refractivity contribution is -0.145. The number of aliphatic hydroxyl groups excluding tert-OH is 1. The minimum Gasteiger partial charge on any atom is -0.396 e. The molecule has 0 unspecified atom stereocenters. The molecule has 1 heterocycles. The van der Waals surface area contributed by atoms with Gasteiger partial charge in [-0.1, -0.05) is 92.1 Å². The lowest BCUT2D eigenvalue weighted by Crippen LogP contribution is -2.59. The molecule has 308 valence electrons. The highest BCUT2D eigenvalue weighted by molar-refractivity contribution is 5.90. The average Bonchev–Trinajstić information content (AvgIpc) is 3.62. The van der Waals surface area contributed by atoms with Crippen LogP contribution in [0, 0.1) is 29.6 Å². The number of hydrogen-bond donors (Lipinski definition) is 3. The van der Waals surface area contributed by atoms with Crippen molar-refractivity contribution in [3.63, 3.8) is 0 Å². The van der Waals surface area contributed by atoms with Gasteiger partial charge in [0.25, 0.3) is 0 Å². The van der Waals surface area contributed by atoms with Crippen LogP contribution in [0.1, 0.15) is 113 Å². The molecular formula is C43H75N5O6. The molecule has 1 aromatic rings. The summed E-state index contributed by atoms with van der Waals surface area (Å²) in [6.45, 7) is 22.2. The Morgan fingerprint density at radius 1 is 0.907 bits per heavy atom. The number of nitrogens with one attached hydrogen (secondary N) is 2. The van der Waals surface area contributed by atoms with Gasteiger partial charge in [0.1, 0.15) is 6.04 Å². The number of amides is 4. The number of likely N-dealkylation sites (tertiary alicyclic amines) is 1. The van der Waals surface area contributed by atoms with E-state index in [1.807, 2.05) is 104 Å². The molecule has 1 aliphatic heterocycles. The van der Waals surface area contributed by atoms with E-state index in [1.165, 1.54) is 0 Å². The number of carbonyl (C=O) groups is 4. The van der Waals surface area contributed by atoms with Crippen LogP contribution in [0.4, 0.5) is 0 Å². The van der Waals surface area contributed by atoms with Crippen molar-refractivity contribution in [3.05, 3.63) is 35.9 Å². The van der Waals surface area contributed by atoms with Crippen LogP contribution in [0.15, 0.2) is 30.3 Å². The van der Waals surface area contributed by atoms with Crippen molar-refractivity contribution in [2.24, 2.45) is 29.6 Å². The molecule has 2 rings (SSSR count). The van der Waals surface area contributed by atoms with Crippen LogP contribution in [-0.4, -0.2) is 120 Å². The van der Waals surface area contributed by atoms with Crippen molar-refractivity contribution in [2.75, 3.05) is 34.4 Å². The number of rotatable bonds is 21. The molecule has 0 saturated carbocycles. The summed E-state index contributed by atoms with van der Waals surface area (Å²) in [5.41, 5.74) is 1.15. The molecule has 1 aromatic carbocycles. The fraction of sp³-hybridized carbons (Fsp3) is 0.767. The van der Waals surface area contributed by atoms with E-state index in [0.29, 0.717) is 13.0 Å². The Bertz CT molecular complexity index is 1320. The number of carbonyl (C=O) groups excluding carboxylic acids is 4. The molecule has 11 nitrogen and oxygen atoms in total. The van der Waals surface area contributed by atoms with Gasteiger partial charge in [-0.25, -0.2) is 0 Å². The Kier molecular flexibility index (Phi) is 19.1. The van der Waals surface area contributed by atoms with E-state index in [2.05, 4.69) is 29.7 Å². The minimum atomic E-state index is -0.776. The van der Waals surface area contributed by atoms with Crippen molar-refractivity contribution in [1.29, 1.82) is 0 Å². The fourth-order valence-electron chi connectivity index (χ4n) is 8.25. The van der Waals surface area contributed by atoms with Crippen molar-refractivity contribution >= 4 is 23.6 Å². The SMILES string of the molecule is CC[C@H](C)[C@@H]([C@H](CO)CC(=O)N1CCC[C@H]1[C@H](OC)[C@@H](C)C(=O)N[C@H](C)[C@@H](C)c1ccccc1)N(C)C(=O)[C@@H](NC(=O)[C@H](C(C)C)N(C)C(C)C)C(C)C. The Morgan fingerprint density at radius 3 is 2.02 bits per heavy atom. The summed E-state index contributed by atoms with van der Waals surface area (Å²) in [4.78, 5) is 61.3. The second-order valence-corrected chi connectivity index (χ2v) is 16.9. The first-order valence-corrected chi connectivity index (χ1v) is 20.4. The van der Waals surface area contributed by atoms with Crippen molar-refractivity contribution in [2.45, 2.75) is 150 Å². The number of benzene rings is 1. The van der Waals surface area contributed by atoms with Crippen LogP contribution in [0.3, 0.4) is 0 Å². The van der Waals surface area contributed by atoms with Crippen LogP contribution < -0.4 is 10.6 Å². The van der Waals surface area contributed by atoms with E-state index in [1.54, 1.807) is 19.1 Å². The number of likely N-dealkylation sites (N-methyl/N-ethyl adjacent to an activating group) is 2. The number of aliphatic hydroxyl groups is 1. The van der Waals surface area contributed by atoms with Crippen molar-refractivity contribution in [1.82, 2.24) is 25.3 Å². The van der Waals surface area contributed by atoms with E-state index >= 15 is 0 Å². The molecule has 0 spiro atoms. The zero-order chi connectivity index (χ0) is 41.0. The zero-order valence-corrected chi connectivity index (χ0v) is 36.0. The second kappa shape index (κ2) is 21.9. The lowest BCUT2D eigenvalue weighted by Gasteiger charge is -2.41. The van der Waals surface area contributed by atoms with E-state index in [0.717, 1.165) is 18.4 Å². The number of hydrogen-bond acceptors (Lipinski definition) is 7. The molecule has 0 radical (unpaired) electrons. The van der Waals surface area contributed by atoms with Gasteiger partial charge in [0, 0.05) is 63.7 Å². The summed E-state index contributed by atoms with van der Waals surface area (Å²) in [5.74, 6) is -1.80. The molecule has 54 heavy (non-hydrogen) atoms. The molecule has 10 atom stereocenters. The van der Waals surface area contributed by atoms with E-state index < -0.39 is 36.1 Å². The van der Waals surface area contributed by atoms with Gasteiger partial charge < -0.3 is 30.3 Å². The Morgan fingerprint density at radius 2 is 1.52 bits per heavy atom. The third-order valence-electron chi connectivity index (χ3n) is 12.2. The molecule has 0 aliphatic carbocycles. The monoisotopic (exact) mass is 758 g/mol. The largest absolute Gasteiger partial charge is 0.396 e. The number of methoxy groups -OCH3 is 1. The predicted molar refractivity (Wildman–Crippen MR) is 217 cm³/mol. The third kappa shape index (κ3) is 12.0. The molecule has 1 aliphatic rings. The maximum atomic E-state index is 14.3. The molecule has 0 aromatic heterocycles. The van der Waals surface area contributed by atoms with Gasteiger partial charge in [0.2, 0.25) is 23.6 Å². The van der Waals surface area contributed by atoms with Gasteiger partial charge >= 0.3 is 0 Å². The lowest BCUT2D eigenvalue weighted by atomic mass is 9.83. The van der Waals surface area contributed by atoms with Gasteiger partial charge in [-0.05, 0) is 64.0 Å². The number of nitrogens with zero attached hydrogens (tertiary/aromatic N) is 3. The zero-order valence-electron chi connectivity index (χ0n) is 36.0. The Hall–Kier alpha value is -3.02. The van der Waals surface area contributed by atoms with Gasteiger partial charge in [-0.3, -0.25) is 24.1 Å². The first kappa shape index (κ1) is 47.1. The highest BCUT2D eigenvalue weighted by atomic mass is 16.5. The summed E-state index contributed by atoms with van der Waals surface area (Å²) in [6.07, 6.45) is 1.73. The van der Waals surface area contributed by atoms with E-state index in [9.17, 15) is 24.3 Å². The Labute approximate surface area is 327 Å². The van der Waals surface area contributed by atoms with Gasteiger partial charge in [0.05, 0.1) is 24.1 Å². The van der Waals surface area contributed by atoms with Gasteiger partial charge in [-0.2, -0.15) is 0 Å². The molecule has 0 bridgehead atoms. The highest BCUT2D eigenvalue weighted by Crippen LogP contribution is 2.31. The molecule has 3 N–H and O–H groups in total. The number of ether oxygens (including phenoxy) is 1. The normalized spacial score (nSPS) is 19.9. The van der Waals surface area contributed by atoms with Gasteiger partial charge in [0.15, 0.2) is 0 Å². The molecule has 11 heteroatoms. The van der Waals surface area contributed by atoms with Crippen LogP contribution in [-0.2, 0) is 23.9 Å². The smallest absolute Gasteiger partial charge is 0.245 e. The molecule has 4 amide bonds. The van der Waals surface area contributed by atoms with Crippen LogP contribution in [0.5, 0.6) is 0 Å². The predicted octanol–water partition coefficient (Wildman–Crippen LogP) is 5.31. The average molecular weight is 758 g/mol. The van der Waals surface area contributed by atoms with E-state index in [4.69, 9.17) is 4.74 Å². The molecular weight excluding hydrogens is 683 g/mol.